The molecule has 0 atom stereocenters. The minimum atomic E-state index is -4.49. The van der Waals surface area contributed by atoms with E-state index in [1.54, 1.807) is 24.3 Å². The van der Waals surface area contributed by atoms with E-state index >= 15 is 0 Å². The Labute approximate surface area is 119 Å². The van der Waals surface area contributed by atoms with Gasteiger partial charge in [0, 0.05) is 18.4 Å². The van der Waals surface area contributed by atoms with Crippen molar-refractivity contribution in [3.05, 3.63) is 53.6 Å². The number of alkyl halides is 3. The minimum Gasteiger partial charge on any atom is -0.457 e. The molecule has 2 aromatic carbocycles. The third kappa shape index (κ3) is 3.88. The molecule has 0 radical (unpaired) electrons. The maximum atomic E-state index is 12.7. The quantitative estimate of drug-likeness (QED) is 0.848. The molecule has 2 aromatic rings. The number of hydrogen-bond donors (Lipinski definition) is 2. The minimum absolute atomic E-state index is 0.00714. The molecule has 0 heterocycles. The van der Waals surface area contributed by atoms with Gasteiger partial charge in [-0.3, -0.25) is 0 Å². The fourth-order valence-corrected chi connectivity index (χ4v) is 1.90. The molecular weight excluding hydrogens is 283 g/mol. The molecule has 0 unspecified atom stereocenters. The Balaban J connectivity index is 2.34. The zero-order valence-corrected chi connectivity index (χ0v) is 11.0. The lowest BCUT2D eigenvalue weighted by atomic mass is 10.1. The zero-order valence-electron chi connectivity index (χ0n) is 11.0. The number of ether oxygens (including phenoxy) is 1. The van der Waals surface area contributed by atoms with Crippen LogP contribution in [0.5, 0.6) is 11.5 Å². The molecule has 0 aliphatic carbocycles. The number of anilines is 1. The molecule has 6 heteroatoms. The maximum Gasteiger partial charge on any atom is 0.416 e. The van der Waals surface area contributed by atoms with E-state index in [0.717, 1.165) is 12.1 Å². The molecular formula is C15H14F3NO2. The van der Waals surface area contributed by atoms with E-state index < -0.39 is 11.7 Å². The predicted molar refractivity (Wildman–Crippen MR) is 73.2 cm³/mol. The second-order valence-corrected chi connectivity index (χ2v) is 4.47. The molecule has 112 valence electrons. The highest BCUT2D eigenvalue weighted by molar-refractivity contribution is 5.50. The Hall–Kier alpha value is -2.21. The van der Waals surface area contributed by atoms with Gasteiger partial charge in [0.25, 0.3) is 0 Å². The van der Waals surface area contributed by atoms with Crippen LogP contribution < -0.4 is 10.5 Å². The lowest BCUT2D eigenvalue weighted by Gasteiger charge is -2.13. The van der Waals surface area contributed by atoms with E-state index in [2.05, 4.69) is 0 Å². The predicted octanol–water partition coefficient (Wildman–Crippen LogP) is 3.61. The number of para-hydroxylation sites is 1. The van der Waals surface area contributed by atoms with Crippen molar-refractivity contribution < 1.29 is 23.0 Å². The summed E-state index contributed by atoms with van der Waals surface area (Å²) in [6, 6.07) is 9.90. The maximum absolute atomic E-state index is 12.7. The summed E-state index contributed by atoms with van der Waals surface area (Å²) in [6.45, 7) is -0.0783. The number of hydrogen-bond acceptors (Lipinski definition) is 3. The number of nitrogens with two attached hydrogens (primary N) is 1. The van der Waals surface area contributed by atoms with Gasteiger partial charge < -0.3 is 15.6 Å². The second kappa shape index (κ2) is 6.05. The van der Waals surface area contributed by atoms with E-state index in [1.807, 2.05) is 0 Å². The van der Waals surface area contributed by atoms with Crippen molar-refractivity contribution in [1.29, 1.82) is 0 Å². The van der Waals surface area contributed by atoms with Crippen LogP contribution in [0.15, 0.2) is 42.5 Å². The summed E-state index contributed by atoms with van der Waals surface area (Å²) in [5, 5.41) is 8.98. The molecule has 21 heavy (non-hydrogen) atoms. The highest BCUT2D eigenvalue weighted by Gasteiger charge is 2.31. The standard InChI is InChI=1S/C15H14F3NO2/c16-15(17,18)11-7-12(19)9-13(8-11)21-14-4-2-1-3-10(14)5-6-20/h1-4,7-9,20H,5-6,19H2. The molecule has 0 aliphatic heterocycles. The molecule has 0 aliphatic rings. The van der Waals surface area contributed by atoms with Gasteiger partial charge in [-0.15, -0.1) is 0 Å². The van der Waals surface area contributed by atoms with Crippen molar-refractivity contribution >= 4 is 5.69 Å². The summed E-state index contributed by atoms with van der Waals surface area (Å²) < 4.78 is 43.7. The number of nitrogen functional groups attached to an aromatic ring is 1. The Morgan fingerprint density at radius 2 is 1.81 bits per heavy atom. The molecule has 0 bridgehead atoms. The van der Waals surface area contributed by atoms with Crippen molar-refractivity contribution in [3.63, 3.8) is 0 Å². The van der Waals surface area contributed by atoms with Gasteiger partial charge in [-0.2, -0.15) is 13.2 Å². The largest absolute Gasteiger partial charge is 0.457 e. The van der Waals surface area contributed by atoms with Crippen LogP contribution >= 0.6 is 0 Å². The van der Waals surface area contributed by atoms with Crippen LogP contribution in [0.3, 0.4) is 0 Å². The van der Waals surface area contributed by atoms with Gasteiger partial charge in [-0.25, -0.2) is 0 Å². The Bertz CT molecular complexity index is 627. The van der Waals surface area contributed by atoms with Crippen LogP contribution in [0.1, 0.15) is 11.1 Å². The molecule has 0 saturated heterocycles. The fourth-order valence-electron chi connectivity index (χ4n) is 1.90. The monoisotopic (exact) mass is 297 g/mol. The third-order valence-electron chi connectivity index (χ3n) is 2.84. The van der Waals surface area contributed by atoms with E-state index in [-0.39, 0.29) is 18.0 Å². The fraction of sp³-hybridized carbons (Fsp3) is 0.200. The lowest BCUT2D eigenvalue weighted by Crippen LogP contribution is -2.06. The first-order chi connectivity index (χ1) is 9.90. The van der Waals surface area contributed by atoms with Crippen molar-refractivity contribution in [2.24, 2.45) is 0 Å². The molecule has 0 spiro atoms. The Kier molecular flexibility index (Phi) is 4.37. The lowest BCUT2D eigenvalue weighted by molar-refractivity contribution is -0.137. The number of rotatable bonds is 4. The van der Waals surface area contributed by atoms with Gasteiger partial charge in [-0.05, 0) is 30.2 Å². The summed E-state index contributed by atoms with van der Waals surface area (Å²) in [5.41, 5.74) is 5.30. The van der Waals surface area contributed by atoms with Gasteiger partial charge in [0.15, 0.2) is 0 Å². The van der Waals surface area contributed by atoms with E-state index in [0.29, 0.717) is 17.7 Å². The second-order valence-electron chi connectivity index (χ2n) is 4.47. The van der Waals surface area contributed by atoms with Gasteiger partial charge in [-0.1, -0.05) is 18.2 Å². The van der Waals surface area contributed by atoms with Gasteiger partial charge >= 0.3 is 6.18 Å². The van der Waals surface area contributed by atoms with Crippen LogP contribution in [0.2, 0.25) is 0 Å². The summed E-state index contributed by atoms with van der Waals surface area (Å²) in [4.78, 5) is 0. The summed E-state index contributed by atoms with van der Waals surface area (Å²) >= 11 is 0. The number of aliphatic hydroxyl groups excluding tert-OH is 1. The highest BCUT2D eigenvalue weighted by Crippen LogP contribution is 2.35. The van der Waals surface area contributed by atoms with Crippen molar-refractivity contribution in [1.82, 2.24) is 0 Å². The normalized spacial score (nSPS) is 11.4. The van der Waals surface area contributed by atoms with Crippen molar-refractivity contribution in [2.75, 3.05) is 12.3 Å². The number of aliphatic hydroxyl groups is 1. The summed E-state index contributed by atoms with van der Waals surface area (Å²) in [7, 11) is 0. The van der Waals surface area contributed by atoms with Crippen molar-refractivity contribution in [2.45, 2.75) is 12.6 Å². The first kappa shape index (κ1) is 15.2. The van der Waals surface area contributed by atoms with Gasteiger partial charge in [0.1, 0.15) is 11.5 Å². The summed E-state index contributed by atoms with van der Waals surface area (Å²) in [5.74, 6) is 0.401. The molecule has 0 aromatic heterocycles. The Morgan fingerprint density at radius 3 is 2.48 bits per heavy atom. The first-order valence-corrected chi connectivity index (χ1v) is 6.24. The molecule has 3 N–H and O–H groups in total. The van der Waals surface area contributed by atoms with E-state index in [9.17, 15) is 13.2 Å². The molecule has 0 amide bonds. The van der Waals surface area contributed by atoms with Crippen LogP contribution in [0.25, 0.3) is 0 Å². The third-order valence-corrected chi connectivity index (χ3v) is 2.84. The first-order valence-electron chi connectivity index (χ1n) is 6.24. The smallest absolute Gasteiger partial charge is 0.416 e. The van der Waals surface area contributed by atoms with Gasteiger partial charge in [0.05, 0.1) is 5.56 Å². The number of halogens is 3. The van der Waals surface area contributed by atoms with E-state index in [1.165, 1.54) is 6.07 Å². The SMILES string of the molecule is Nc1cc(Oc2ccccc2CCO)cc(C(F)(F)F)c1. The average molecular weight is 297 g/mol. The average Bonchev–Trinajstić information content (AvgIpc) is 2.40. The van der Waals surface area contributed by atoms with Crippen LogP contribution in [-0.4, -0.2) is 11.7 Å². The van der Waals surface area contributed by atoms with Crippen LogP contribution in [0, 0.1) is 0 Å². The topological polar surface area (TPSA) is 55.5 Å². The zero-order chi connectivity index (χ0) is 15.5. The van der Waals surface area contributed by atoms with Gasteiger partial charge in [0.2, 0.25) is 0 Å². The highest BCUT2D eigenvalue weighted by atomic mass is 19.4. The number of benzene rings is 2. The Morgan fingerprint density at radius 1 is 1.10 bits per heavy atom. The molecule has 2 rings (SSSR count). The van der Waals surface area contributed by atoms with Crippen LogP contribution in [-0.2, 0) is 12.6 Å². The van der Waals surface area contributed by atoms with E-state index in [4.69, 9.17) is 15.6 Å². The van der Waals surface area contributed by atoms with Crippen LogP contribution in [0.4, 0.5) is 18.9 Å². The molecule has 0 fully saturated rings. The molecule has 3 nitrogen and oxygen atoms in total. The molecule has 0 saturated carbocycles. The summed E-state index contributed by atoms with van der Waals surface area (Å²) in [6.07, 6.45) is -4.14. The van der Waals surface area contributed by atoms with Crippen molar-refractivity contribution in [3.8, 4) is 11.5 Å².